The summed E-state index contributed by atoms with van der Waals surface area (Å²) in [5.41, 5.74) is 7.39. The molecule has 2 aromatic rings. The Hall–Kier alpha value is -1.16. The van der Waals surface area contributed by atoms with Gasteiger partial charge in [-0.3, -0.25) is 4.90 Å². The van der Waals surface area contributed by atoms with E-state index in [-0.39, 0.29) is 0 Å². The molecule has 0 spiro atoms. The molecule has 3 heteroatoms. The standard InChI is InChI=1S/C17H22N2S/c18-11-15(14-5-2-1-3-6-14)12-19(16-8-9-16)13-17-7-4-10-20-17/h1-7,10,15-16H,8-9,11-13,18H2. The Bertz CT molecular complexity index is 505. The summed E-state index contributed by atoms with van der Waals surface area (Å²) in [6, 6.07) is 15.8. The van der Waals surface area contributed by atoms with Crippen LogP contribution < -0.4 is 5.73 Å². The van der Waals surface area contributed by atoms with Gasteiger partial charge in [-0.1, -0.05) is 36.4 Å². The van der Waals surface area contributed by atoms with Crippen LogP contribution in [0.25, 0.3) is 0 Å². The van der Waals surface area contributed by atoms with Crippen molar-refractivity contribution >= 4 is 11.3 Å². The number of rotatable bonds is 7. The van der Waals surface area contributed by atoms with Crippen LogP contribution in [-0.4, -0.2) is 24.0 Å². The molecule has 0 bridgehead atoms. The van der Waals surface area contributed by atoms with Crippen molar-refractivity contribution in [1.29, 1.82) is 0 Å². The molecule has 1 unspecified atom stereocenters. The quantitative estimate of drug-likeness (QED) is 0.844. The van der Waals surface area contributed by atoms with Gasteiger partial charge in [0.25, 0.3) is 0 Å². The van der Waals surface area contributed by atoms with Gasteiger partial charge in [0.15, 0.2) is 0 Å². The monoisotopic (exact) mass is 286 g/mol. The molecule has 1 aliphatic rings. The van der Waals surface area contributed by atoms with Gasteiger partial charge in [-0.25, -0.2) is 0 Å². The number of nitrogens with two attached hydrogens (primary N) is 1. The van der Waals surface area contributed by atoms with Gasteiger partial charge in [-0.15, -0.1) is 11.3 Å². The molecule has 1 heterocycles. The smallest absolute Gasteiger partial charge is 0.0331 e. The maximum absolute atomic E-state index is 6.02. The fourth-order valence-corrected chi connectivity index (χ4v) is 3.44. The van der Waals surface area contributed by atoms with E-state index in [2.05, 4.69) is 52.7 Å². The van der Waals surface area contributed by atoms with Crippen LogP contribution in [0, 0.1) is 0 Å². The molecular weight excluding hydrogens is 264 g/mol. The topological polar surface area (TPSA) is 29.3 Å². The van der Waals surface area contributed by atoms with E-state index in [1.54, 1.807) is 0 Å². The van der Waals surface area contributed by atoms with E-state index >= 15 is 0 Å². The third kappa shape index (κ3) is 3.48. The minimum absolute atomic E-state index is 0.441. The highest BCUT2D eigenvalue weighted by Gasteiger charge is 2.30. The Morgan fingerprint density at radius 3 is 2.55 bits per heavy atom. The summed E-state index contributed by atoms with van der Waals surface area (Å²) >= 11 is 1.85. The first-order valence-electron chi connectivity index (χ1n) is 7.38. The Morgan fingerprint density at radius 1 is 1.15 bits per heavy atom. The molecule has 106 valence electrons. The fraction of sp³-hybridized carbons (Fsp3) is 0.412. The van der Waals surface area contributed by atoms with Gasteiger partial charge < -0.3 is 5.73 Å². The van der Waals surface area contributed by atoms with Gasteiger partial charge >= 0.3 is 0 Å². The summed E-state index contributed by atoms with van der Waals surface area (Å²) in [7, 11) is 0. The van der Waals surface area contributed by atoms with Crippen molar-refractivity contribution in [3.8, 4) is 0 Å². The van der Waals surface area contributed by atoms with Crippen molar-refractivity contribution in [1.82, 2.24) is 4.90 Å². The Balaban J connectivity index is 1.68. The highest BCUT2D eigenvalue weighted by molar-refractivity contribution is 7.09. The molecule has 1 aliphatic carbocycles. The fourth-order valence-electron chi connectivity index (χ4n) is 2.71. The molecule has 0 aliphatic heterocycles. The molecule has 1 aromatic carbocycles. The van der Waals surface area contributed by atoms with Gasteiger partial charge in [0.2, 0.25) is 0 Å². The number of hydrogen-bond acceptors (Lipinski definition) is 3. The molecule has 0 radical (unpaired) electrons. The average molecular weight is 286 g/mol. The van der Waals surface area contributed by atoms with Gasteiger partial charge in [-0.05, 0) is 29.9 Å². The molecule has 0 amide bonds. The van der Waals surface area contributed by atoms with E-state index in [0.29, 0.717) is 5.92 Å². The van der Waals surface area contributed by atoms with E-state index in [1.807, 2.05) is 11.3 Å². The lowest BCUT2D eigenvalue weighted by Gasteiger charge is -2.26. The summed E-state index contributed by atoms with van der Waals surface area (Å²) in [5.74, 6) is 0.441. The van der Waals surface area contributed by atoms with Crippen molar-refractivity contribution in [2.75, 3.05) is 13.1 Å². The Labute approximate surface area is 125 Å². The van der Waals surface area contributed by atoms with Crippen LogP contribution in [0.3, 0.4) is 0 Å². The second kappa shape index (κ2) is 6.53. The maximum atomic E-state index is 6.02. The molecular formula is C17H22N2S. The van der Waals surface area contributed by atoms with E-state index in [1.165, 1.54) is 23.3 Å². The molecule has 2 N–H and O–H groups in total. The number of hydrogen-bond donors (Lipinski definition) is 1. The van der Waals surface area contributed by atoms with Gasteiger partial charge in [0.1, 0.15) is 0 Å². The molecule has 0 saturated heterocycles. The van der Waals surface area contributed by atoms with E-state index < -0.39 is 0 Å². The lowest BCUT2D eigenvalue weighted by atomic mass is 9.98. The van der Waals surface area contributed by atoms with Gasteiger partial charge in [0, 0.05) is 36.5 Å². The zero-order valence-electron chi connectivity index (χ0n) is 11.7. The molecule has 2 nitrogen and oxygen atoms in total. The lowest BCUT2D eigenvalue weighted by Crippen LogP contribution is -2.33. The summed E-state index contributed by atoms with van der Waals surface area (Å²) < 4.78 is 0. The highest BCUT2D eigenvalue weighted by atomic mass is 32.1. The van der Waals surface area contributed by atoms with Crippen molar-refractivity contribution in [3.63, 3.8) is 0 Å². The van der Waals surface area contributed by atoms with Crippen LogP contribution >= 0.6 is 11.3 Å². The molecule has 1 fully saturated rings. The molecule has 1 atom stereocenters. The van der Waals surface area contributed by atoms with Gasteiger partial charge in [0.05, 0.1) is 0 Å². The number of benzene rings is 1. The predicted octanol–water partition coefficient (Wildman–Crippen LogP) is 3.46. The molecule has 1 aromatic heterocycles. The van der Waals surface area contributed by atoms with Crippen LogP contribution in [-0.2, 0) is 6.54 Å². The first kappa shape index (κ1) is 13.8. The summed E-state index contributed by atoms with van der Waals surface area (Å²) in [5, 5.41) is 2.16. The zero-order chi connectivity index (χ0) is 13.8. The first-order chi connectivity index (χ1) is 9.86. The average Bonchev–Trinajstić information content (AvgIpc) is 3.22. The van der Waals surface area contributed by atoms with Crippen LogP contribution in [0.2, 0.25) is 0 Å². The number of thiophene rings is 1. The summed E-state index contributed by atoms with van der Waals surface area (Å²) in [4.78, 5) is 4.08. The molecule has 3 rings (SSSR count). The second-order valence-electron chi connectivity index (χ2n) is 5.58. The predicted molar refractivity (Wildman–Crippen MR) is 86.0 cm³/mol. The minimum Gasteiger partial charge on any atom is -0.330 e. The van der Waals surface area contributed by atoms with Crippen LogP contribution in [0.5, 0.6) is 0 Å². The van der Waals surface area contributed by atoms with Crippen molar-refractivity contribution in [2.24, 2.45) is 5.73 Å². The number of nitrogens with zero attached hydrogens (tertiary/aromatic N) is 1. The SMILES string of the molecule is NCC(CN(Cc1cccs1)C1CC1)c1ccccc1. The third-order valence-electron chi connectivity index (χ3n) is 4.01. The molecule has 1 saturated carbocycles. The van der Waals surface area contributed by atoms with Gasteiger partial charge in [-0.2, -0.15) is 0 Å². The maximum Gasteiger partial charge on any atom is 0.0331 e. The van der Waals surface area contributed by atoms with Crippen molar-refractivity contribution in [2.45, 2.75) is 31.3 Å². The second-order valence-corrected chi connectivity index (χ2v) is 6.62. The Morgan fingerprint density at radius 2 is 1.95 bits per heavy atom. The Kier molecular flexibility index (Phi) is 4.51. The summed E-state index contributed by atoms with van der Waals surface area (Å²) in [6.07, 6.45) is 2.69. The lowest BCUT2D eigenvalue weighted by molar-refractivity contribution is 0.241. The first-order valence-corrected chi connectivity index (χ1v) is 8.26. The largest absolute Gasteiger partial charge is 0.330 e. The molecule has 20 heavy (non-hydrogen) atoms. The van der Waals surface area contributed by atoms with Crippen LogP contribution in [0.4, 0.5) is 0 Å². The normalized spacial score (nSPS) is 16.5. The van der Waals surface area contributed by atoms with Crippen LogP contribution in [0.15, 0.2) is 47.8 Å². The van der Waals surface area contributed by atoms with E-state index in [0.717, 1.165) is 25.7 Å². The van der Waals surface area contributed by atoms with E-state index in [9.17, 15) is 0 Å². The highest BCUT2D eigenvalue weighted by Crippen LogP contribution is 2.31. The van der Waals surface area contributed by atoms with Crippen molar-refractivity contribution < 1.29 is 0 Å². The summed E-state index contributed by atoms with van der Waals surface area (Å²) in [6.45, 7) is 2.87. The zero-order valence-corrected chi connectivity index (χ0v) is 12.6. The third-order valence-corrected chi connectivity index (χ3v) is 4.87. The van der Waals surface area contributed by atoms with Crippen molar-refractivity contribution in [3.05, 3.63) is 58.3 Å². The minimum atomic E-state index is 0.441. The van der Waals surface area contributed by atoms with Crippen LogP contribution in [0.1, 0.15) is 29.2 Å². The van der Waals surface area contributed by atoms with E-state index in [4.69, 9.17) is 5.73 Å².